The maximum atomic E-state index is 13.3. The summed E-state index contributed by atoms with van der Waals surface area (Å²) < 4.78 is 34.6. The number of para-hydroxylation sites is 1. The third-order valence-electron chi connectivity index (χ3n) is 7.55. The van der Waals surface area contributed by atoms with Gasteiger partial charge in [-0.05, 0) is 68.0 Å². The van der Waals surface area contributed by atoms with Crippen molar-refractivity contribution in [3.05, 3.63) is 66.9 Å². The van der Waals surface area contributed by atoms with E-state index in [9.17, 15) is 13.5 Å². The number of aromatic amines is 1. The maximum Gasteiger partial charge on any atom is 0.252 e. The zero-order valence-electron chi connectivity index (χ0n) is 23.2. The van der Waals surface area contributed by atoms with Crippen molar-refractivity contribution in [2.75, 3.05) is 39.0 Å². The Hall–Kier alpha value is -3.00. The molecule has 2 aromatic carbocycles. The number of hydrogen-bond donors (Lipinski definition) is 3. The fourth-order valence-electron chi connectivity index (χ4n) is 5.34. The standard InChI is InChI=1S/C30H33N5O4S3/c1-40-30-32-14-11-24(34-30)27-9-10-28(41-27)42(37,38)35-15-12-20(13-16-35)17-31-18-21(36)19-39-26-8-4-7-25-29(26)22-5-2-3-6-23(22)33-25/h2-11,14,20-21,31,33,36H,12-13,15-19H2,1H3/t21-/m0/s1. The number of sulfonamides is 1. The summed E-state index contributed by atoms with van der Waals surface area (Å²) >= 11 is 2.70. The van der Waals surface area contributed by atoms with E-state index in [4.69, 9.17) is 4.74 Å². The van der Waals surface area contributed by atoms with Crippen molar-refractivity contribution in [2.24, 2.45) is 5.92 Å². The first-order valence-corrected chi connectivity index (χ1v) is 17.4. The normalized spacial score (nSPS) is 15.9. The third-order valence-corrected chi connectivity index (χ3v) is 11.6. The van der Waals surface area contributed by atoms with Crippen LogP contribution in [0.5, 0.6) is 5.75 Å². The second-order valence-corrected chi connectivity index (χ2v) is 14.4. The zero-order valence-corrected chi connectivity index (χ0v) is 25.6. The molecule has 3 aromatic heterocycles. The number of ether oxygens (including phenoxy) is 1. The Morgan fingerprint density at radius 3 is 2.76 bits per heavy atom. The minimum atomic E-state index is -3.56. The van der Waals surface area contributed by atoms with Gasteiger partial charge in [-0.3, -0.25) is 0 Å². The third kappa shape index (κ3) is 6.19. The van der Waals surface area contributed by atoms with Crippen LogP contribution in [0.2, 0.25) is 0 Å². The van der Waals surface area contributed by atoms with Crippen molar-refractivity contribution < 1.29 is 18.3 Å². The zero-order chi connectivity index (χ0) is 29.1. The molecule has 1 aliphatic rings. The summed E-state index contributed by atoms with van der Waals surface area (Å²) in [7, 11) is -3.56. The smallest absolute Gasteiger partial charge is 0.252 e. The van der Waals surface area contributed by atoms with Crippen LogP contribution in [0.1, 0.15) is 12.8 Å². The molecule has 0 amide bonds. The predicted octanol–water partition coefficient (Wildman–Crippen LogP) is 4.99. The lowest BCUT2D eigenvalue weighted by atomic mass is 9.98. The predicted molar refractivity (Wildman–Crippen MR) is 169 cm³/mol. The second-order valence-electron chi connectivity index (χ2n) is 10.4. The summed E-state index contributed by atoms with van der Waals surface area (Å²) in [6.45, 7) is 2.26. The van der Waals surface area contributed by atoms with Crippen LogP contribution in [0, 0.1) is 5.92 Å². The highest BCUT2D eigenvalue weighted by molar-refractivity contribution is 7.98. The van der Waals surface area contributed by atoms with Crippen LogP contribution >= 0.6 is 23.1 Å². The van der Waals surface area contributed by atoms with E-state index in [1.165, 1.54) is 23.1 Å². The highest BCUT2D eigenvalue weighted by Gasteiger charge is 2.30. The van der Waals surface area contributed by atoms with Crippen LogP contribution in [0.25, 0.3) is 32.4 Å². The van der Waals surface area contributed by atoms with E-state index in [-0.39, 0.29) is 6.61 Å². The number of thioether (sulfide) groups is 1. The Morgan fingerprint density at radius 1 is 1.12 bits per heavy atom. The van der Waals surface area contributed by atoms with E-state index >= 15 is 0 Å². The molecule has 0 spiro atoms. The summed E-state index contributed by atoms with van der Waals surface area (Å²) in [6.07, 6.45) is 4.47. The van der Waals surface area contributed by atoms with E-state index in [2.05, 4.69) is 26.3 Å². The van der Waals surface area contributed by atoms with Crippen LogP contribution in [-0.2, 0) is 10.0 Å². The number of thiophene rings is 1. The van der Waals surface area contributed by atoms with Gasteiger partial charge >= 0.3 is 0 Å². The van der Waals surface area contributed by atoms with Crippen LogP contribution in [-0.4, -0.2) is 77.9 Å². The first kappa shape index (κ1) is 29.1. The Bertz CT molecular complexity index is 1780. The molecule has 0 bridgehead atoms. The minimum absolute atomic E-state index is 0.179. The fraction of sp³-hybridized carbons (Fsp3) is 0.333. The molecule has 1 fully saturated rings. The molecule has 1 atom stereocenters. The van der Waals surface area contributed by atoms with Gasteiger partial charge in [-0.15, -0.1) is 11.3 Å². The molecule has 0 radical (unpaired) electrons. The molecule has 1 aliphatic heterocycles. The summed E-state index contributed by atoms with van der Waals surface area (Å²) in [5.74, 6) is 1.09. The number of aliphatic hydroxyl groups is 1. The topological polar surface area (TPSA) is 120 Å². The summed E-state index contributed by atoms with van der Waals surface area (Å²) in [6, 6.07) is 19.3. The molecular formula is C30H33N5O4S3. The van der Waals surface area contributed by atoms with E-state index in [1.54, 1.807) is 22.6 Å². The van der Waals surface area contributed by atoms with Crippen LogP contribution in [0.3, 0.4) is 0 Å². The van der Waals surface area contributed by atoms with Gasteiger partial charge in [-0.25, -0.2) is 18.4 Å². The number of aromatic nitrogens is 3. The van der Waals surface area contributed by atoms with Gasteiger partial charge in [0.2, 0.25) is 0 Å². The van der Waals surface area contributed by atoms with Crippen molar-refractivity contribution >= 4 is 54.9 Å². The van der Waals surface area contributed by atoms with E-state index in [0.717, 1.165) is 57.5 Å². The lowest BCUT2D eigenvalue weighted by molar-refractivity contribution is 0.105. The van der Waals surface area contributed by atoms with E-state index < -0.39 is 16.1 Å². The molecule has 42 heavy (non-hydrogen) atoms. The van der Waals surface area contributed by atoms with Gasteiger partial charge in [0.15, 0.2) is 5.16 Å². The van der Waals surface area contributed by atoms with Crippen molar-refractivity contribution in [1.29, 1.82) is 0 Å². The van der Waals surface area contributed by atoms with E-state index in [0.29, 0.717) is 34.9 Å². The number of nitrogens with zero attached hydrogens (tertiary/aromatic N) is 3. The van der Waals surface area contributed by atoms with Gasteiger partial charge in [0, 0.05) is 42.1 Å². The van der Waals surface area contributed by atoms with Gasteiger partial charge in [0.25, 0.3) is 10.0 Å². The lowest BCUT2D eigenvalue weighted by Gasteiger charge is -2.31. The monoisotopic (exact) mass is 623 g/mol. The molecule has 0 aliphatic carbocycles. The highest BCUT2D eigenvalue weighted by Crippen LogP contribution is 2.34. The number of piperidine rings is 1. The van der Waals surface area contributed by atoms with Crippen LogP contribution < -0.4 is 10.1 Å². The summed E-state index contributed by atoms with van der Waals surface area (Å²) in [5, 5.41) is 16.7. The molecule has 9 nitrogen and oxygen atoms in total. The Kier molecular flexibility index (Phi) is 8.80. The largest absolute Gasteiger partial charge is 0.490 e. The Labute approximate surface area is 253 Å². The molecule has 3 N–H and O–H groups in total. The van der Waals surface area contributed by atoms with Crippen molar-refractivity contribution in [3.63, 3.8) is 0 Å². The molecule has 4 heterocycles. The maximum absolute atomic E-state index is 13.3. The van der Waals surface area contributed by atoms with E-state index in [1.807, 2.05) is 48.7 Å². The molecule has 6 rings (SSSR count). The van der Waals surface area contributed by atoms with Gasteiger partial charge in [0.05, 0.1) is 16.1 Å². The first-order valence-electron chi connectivity index (χ1n) is 13.9. The van der Waals surface area contributed by atoms with Crippen molar-refractivity contribution in [2.45, 2.75) is 28.3 Å². The van der Waals surface area contributed by atoms with Gasteiger partial charge in [-0.2, -0.15) is 4.31 Å². The average Bonchev–Trinajstić information content (AvgIpc) is 3.67. The van der Waals surface area contributed by atoms with Gasteiger partial charge < -0.3 is 20.1 Å². The van der Waals surface area contributed by atoms with Gasteiger partial charge in [-0.1, -0.05) is 36.0 Å². The summed E-state index contributed by atoms with van der Waals surface area (Å²) in [4.78, 5) is 12.9. The molecule has 5 aromatic rings. The number of nitrogens with one attached hydrogen (secondary N) is 2. The average molecular weight is 624 g/mol. The number of hydrogen-bond acceptors (Lipinski definition) is 9. The van der Waals surface area contributed by atoms with Crippen LogP contribution in [0.15, 0.2) is 76.2 Å². The molecule has 0 unspecified atom stereocenters. The second kappa shape index (κ2) is 12.7. The molecule has 0 saturated carbocycles. The number of aliphatic hydroxyl groups excluding tert-OH is 1. The SMILES string of the molecule is CSc1nccc(-c2ccc(S(=O)(=O)N3CCC(CNC[C@H](O)COc4cccc5[nH]c6ccccc6c45)CC3)s2)n1. The fourth-order valence-corrected chi connectivity index (χ4v) is 8.60. The van der Waals surface area contributed by atoms with Crippen LogP contribution in [0.4, 0.5) is 0 Å². The number of H-pyrrole nitrogens is 1. The Balaban J connectivity index is 0.970. The number of benzene rings is 2. The molecule has 12 heteroatoms. The first-order chi connectivity index (χ1) is 20.4. The number of fused-ring (bicyclic) bond motifs is 3. The van der Waals surface area contributed by atoms with Crippen molar-refractivity contribution in [1.82, 2.24) is 24.6 Å². The van der Waals surface area contributed by atoms with Gasteiger partial charge in [0.1, 0.15) is 22.7 Å². The minimum Gasteiger partial charge on any atom is -0.490 e. The molecule has 220 valence electrons. The molecular weight excluding hydrogens is 591 g/mol. The number of rotatable bonds is 11. The Morgan fingerprint density at radius 2 is 1.93 bits per heavy atom. The quantitative estimate of drug-likeness (QED) is 0.139. The molecule has 1 saturated heterocycles. The lowest BCUT2D eigenvalue weighted by Crippen LogP contribution is -2.41. The summed E-state index contributed by atoms with van der Waals surface area (Å²) in [5.41, 5.74) is 2.79. The van der Waals surface area contributed by atoms with Crippen molar-refractivity contribution in [3.8, 4) is 16.3 Å². The highest BCUT2D eigenvalue weighted by atomic mass is 32.2.